The number of benzene rings is 7. The van der Waals surface area contributed by atoms with E-state index in [1.807, 2.05) is 98.8 Å². The SMILES string of the molecule is C.C.COc1ccc([C@@H]2CN(Cc3ccccc3)C[C@@]2(C)C=O)cc1OCc1ccccc1.COc1ccc([C@@H]2CN(Cc3ccccc3)C[C@@]2(C)[C@@H](C)O)cc1OCc1ccccc1.COc1ccc([C@@H]2CNC[C@@]2(C)[C@@H](C)O)cc1O. The largest absolute Gasteiger partial charge is 0.504 e. The number of hydrogen-bond acceptors (Lipinski definition) is 12. The lowest BCUT2D eigenvalue weighted by Gasteiger charge is -2.34. The lowest BCUT2D eigenvalue weighted by Crippen LogP contribution is -2.37. The zero-order valence-electron chi connectivity index (χ0n) is 48.5. The van der Waals surface area contributed by atoms with Crippen molar-refractivity contribution in [2.24, 2.45) is 16.2 Å². The van der Waals surface area contributed by atoms with Crippen molar-refractivity contribution in [3.8, 4) is 34.5 Å². The predicted molar refractivity (Wildman–Crippen MR) is 334 cm³/mol. The fraction of sp³-hybridized carbons (Fsp3) is 0.394. The van der Waals surface area contributed by atoms with E-state index in [1.54, 1.807) is 26.4 Å². The van der Waals surface area contributed by atoms with Crippen LogP contribution in [0.15, 0.2) is 176 Å². The summed E-state index contributed by atoms with van der Waals surface area (Å²) in [4.78, 5) is 17.0. The lowest BCUT2D eigenvalue weighted by molar-refractivity contribution is -0.115. The van der Waals surface area contributed by atoms with Crippen molar-refractivity contribution in [1.82, 2.24) is 15.1 Å². The number of carbonyl (C=O) groups excluding carboxylic acids is 1. The van der Waals surface area contributed by atoms with Gasteiger partial charge in [-0.05, 0) is 89.2 Å². The smallest absolute Gasteiger partial charge is 0.161 e. The normalized spacial score (nSPS) is 22.7. The van der Waals surface area contributed by atoms with Crippen molar-refractivity contribution in [3.63, 3.8) is 0 Å². The van der Waals surface area contributed by atoms with Gasteiger partial charge in [-0.1, -0.05) is 175 Å². The van der Waals surface area contributed by atoms with E-state index < -0.39 is 17.6 Å². The number of nitrogens with one attached hydrogen (secondary N) is 1. The van der Waals surface area contributed by atoms with Crippen LogP contribution in [0.1, 0.15) is 106 Å². The summed E-state index contributed by atoms with van der Waals surface area (Å²) in [5.41, 5.74) is 7.18. The van der Waals surface area contributed by atoms with Crippen LogP contribution >= 0.6 is 0 Å². The highest BCUT2D eigenvalue weighted by Gasteiger charge is 2.48. The third-order valence-electron chi connectivity index (χ3n) is 17.2. The molecule has 3 aliphatic rings. The number of aliphatic hydroxyl groups excluding tert-OH is 2. The first-order valence-electron chi connectivity index (χ1n) is 28.2. The summed E-state index contributed by atoms with van der Waals surface area (Å²) in [5.74, 6) is 3.97. The highest BCUT2D eigenvalue weighted by atomic mass is 16.5. The number of rotatable bonds is 19. The zero-order valence-corrected chi connectivity index (χ0v) is 48.5. The Balaban J connectivity index is 0.000000205. The van der Waals surface area contributed by atoms with Gasteiger partial charge in [0.15, 0.2) is 34.5 Å². The Hall–Kier alpha value is -7.19. The standard InChI is InChI=1S/C28H33NO3.C27H29NO3.C14H21NO3.2CH4/c1-21(30)28(2)20-29(17-22-10-6-4-7-11-22)18-25(28)24-14-15-26(31-3)27(16-24)32-19-23-12-8-5-9-13-23;1-27(20-29)19-28(16-21-9-5-3-6-10-21)17-24(27)23-13-14-25(30-2)26(15-23)31-18-22-11-7-4-8-12-22;1-9(16)14(2)8-15-7-11(14)10-4-5-13(18-3)12(17)6-10;;/h4-16,21,25,30H,17-20H2,1-3H3;3-15,20,24H,16-19H2,1-2H3;4-6,9,11,15-17H,7-8H2,1-3H3;2*1H4/t21-,25+,28+;24-,27-;9-,11+,14+;;/m101../s1. The molecule has 12 nitrogen and oxygen atoms in total. The second kappa shape index (κ2) is 29.9. The number of aliphatic hydroxyl groups is 2. The van der Waals surface area contributed by atoms with Gasteiger partial charge in [0.2, 0.25) is 0 Å². The Bertz CT molecular complexity index is 3070. The van der Waals surface area contributed by atoms with E-state index in [2.05, 4.69) is 115 Å². The van der Waals surface area contributed by atoms with Crippen molar-refractivity contribution < 1.29 is 43.8 Å². The number of likely N-dealkylation sites (tertiary alicyclic amines) is 2. The summed E-state index contributed by atoms with van der Waals surface area (Å²) in [5, 5.41) is 33.9. The molecule has 3 heterocycles. The van der Waals surface area contributed by atoms with Crippen LogP contribution in [0.3, 0.4) is 0 Å². The Morgan fingerprint density at radius 1 is 0.518 bits per heavy atom. The molecule has 3 saturated heterocycles. The molecule has 0 aliphatic carbocycles. The molecular formula is C71H91N3O9. The molecule has 83 heavy (non-hydrogen) atoms. The number of carbonyl (C=O) groups is 1. The van der Waals surface area contributed by atoms with Crippen LogP contribution in [0.4, 0.5) is 0 Å². The van der Waals surface area contributed by atoms with Crippen molar-refractivity contribution in [3.05, 3.63) is 215 Å². The Kier molecular flexibility index (Phi) is 23.4. The first-order chi connectivity index (χ1) is 39.1. The first-order valence-corrected chi connectivity index (χ1v) is 28.2. The van der Waals surface area contributed by atoms with Gasteiger partial charge in [-0.3, -0.25) is 9.80 Å². The minimum absolute atomic E-state index is 0. The molecule has 10 rings (SSSR count). The molecule has 7 aromatic carbocycles. The van der Waals surface area contributed by atoms with E-state index in [4.69, 9.17) is 23.7 Å². The van der Waals surface area contributed by atoms with Gasteiger partial charge < -0.3 is 49.1 Å². The number of aromatic hydroxyl groups is 1. The second-order valence-corrected chi connectivity index (χ2v) is 22.9. The number of nitrogens with zero attached hydrogens (tertiary/aromatic N) is 2. The van der Waals surface area contributed by atoms with Crippen LogP contribution in [0.25, 0.3) is 0 Å². The predicted octanol–water partition coefficient (Wildman–Crippen LogP) is 13.1. The van der Waals surface area contributed by atoms with Gasteiger partial charge in [0.1, 0.15) is 19.5 Å². The molecule has 7 aromatic rings. The Morgan fingerprint density at radius 2 is 0.916 bits per heavy atom. The highest BCUT2D eigenvalue weighted by Crippen LogP contribution is 2.48. The van der Waals surface area contributed by atoms with Crippen LogP contribution in [-0.4, -0.2) is 104 Å². The Morgan fingerprint density at radius 3 is 1.34 bits per heavy atom. The fourth-order valence-corrected chi connectivity index (χ4v) is 11.9. The lowest BCUT2D eigenvalue weighted by atomic mass is 9.72. The highest BCUT2D eigenvalue weighted by molar-refractivity contribution is 5.63. The monoisotopic (exact) mass is 1130 g/mol. The van der Waals surface area contributed by atoms with Crippen LogP contribution in [0, 0.1) is 16.2 Å². The van der Waals surface area contributed by atoms with E-state index in [9.17, 15) is 20.1 Å². The molecule has 3 aliphatic heterocycles. The molecule has 0 aromatic heterocycles. The van der Waals surface area contributed by atoms with Gasteiger partial charge in [-0.15, -0.1) is 0 Å². The van der Waals surface area contributed by atoms with E-state index in [1.165, 1.54) is 23.8 Å². The van der Waals surface area contributed by atoms with Crippen molar-refractivity contribution in [2.75, 3.05) is 60.6 Å². The summed E-state index contributed by atoms with van der Waals surface area (Å²) in [7, 11) is 4.85. The number of methoxy groups -OCH3 is 3. The van der Waals surface area contributed by atoms with Gasteiger partial charge in [0.05, 0.1) is 33.5 Å². The second-order valence-electron chi connectivity index (χ2n) is 22.9. The number of ether oxygens (including phenoxy) is 5. The van der Waals surface area contributed by atoms with Crippen LogP contribution in [0.2, 0.25) is 0 Å². The average Bonchev–Trinajstić information content (AvgIpc) is 4.09. The maximum Gasteiger partial charge on any atom is 0.161 e. The molecule has 12 heteroatoms. The molecule has 0 spiro atoms. The van der Waals surface area contributed by atoms with Crippen LogP contribution < -0.4 is 29.0 Å². The van der Waals surface area contributed by atoms with E-state index >= 15 is 0 Å². The topological polar surface area (TPSA) is 142 Å². The molecule has 0 radical (unpaired) electrons. The molecule has 0 bridgehead atoms. The quantitative estimate of drug-likeness (QED) is 0.0573. The first kappa shape index (κ1) is 65.0. The van der Waals surface area contributed by atoms with Crippen molar-refractivity contribution >= 4 is 6.29 Å². The summed E-state index contributed by atoms with van der Waals surface area (Å²) in [6.07, 6.45) is 0.294. The third-order valence-corrected chi connectivity index (χ3v) is 17.2. The minimum Gasteiger partial charge on any atom is -0.504 e. The minimum atomic E-state index is -0.444. The third kappa shape index (κ3) is 15.9. The molecule has 444 valence electrons. The summed E-state index contributed by atoms with van der Waals surface area (Å²) in [6, 6.07) is 58.9. The summed E-state index contributed by atoms with van der Waals surface area (Å²) >= 11 is 0. The molecular weight excluding hydrogens is 1040 g/mol. The van der Waals surface area contributed by atoms with Crippen LogP contribution in [-0.2, 0) is 31.1 Å². The number of aldehydes is 1. The van der Waals surface area contributed by atoms with Crippen molar-refractivity contribution in [2.45, 2.75) is 106 Å². The fourth-order valence-electron chi connectivity index (χ4n) is 11.9. The van der Waals surface area contributed by atoms with Crippen LogP contribution in [0.5, 0.6) is 34.5 Å². The van der Waals surface area contributed by atoms with Crippen molar-refractivity contribution in [1.29, 1.82) is 0 Å². The van der Waals surface area contributed by atoms with Gasteiger partial charge in [-0.25, -0.2) is 0 Å². The molecule has 0 amide bonds. The molecule has 4 N–H and O–H groups in total. The van der Waals surface area contributed by atoms with E-state index in [0.29, 0.717) is 30.5 Å². The Labute approximate surface area is 495 Å². The molecule has 0 unspecified atom stereocenters. The van der Waals surface area contributed by atoms with Gasteiger partial charge in [0, 0.05) is 86.4 Å². The van der Waals surface area contributed by atoms with Gasteiger partial charge in [-0.2, -0.15) is 0 Å². The molecule has 0 saturated carbocycles. The summed E-state index contributed by atoms with van der Waals surface area (Å²) < 4.78 is 28.4. The zero-order chi connectivity index (χ0) is 57.6. The summed E-state index contributed by atoms with van der Waals surface area (Å²) in [6.45, 7) is 17.6. The maximum atomic E-state index is 12.1. The molecule has 3 fully saturated rings. The molecule has 8 atom stereocenters. The number of phenols is 1. The van der Waals surface area contributed by atoms with Gasteiger partial charge >= 0.3 is 0 Å². The maximum absolute atomic E-state index is 12.1. The average molecular weight is 1130 g/mol. The number of phenolic OH excluding ortho intramolecular Hbond substituents is 1. The number of hydrogen-bond donors (Lipinski definition) is 4. The van der Waals surface area contributed by atoms with E-state index in [-0.39, 0.29) is 49.2 Å². The van der Waals surface area contributed by atoms with E-state index in [0.717, 1.165) is 92.4 Å². The van der Waals surface area contributed by atoms with Gasteiger partial charge in [0.25, 0.3) is 0 Å².